The molecular formula is C16H15NO3S. The van der Waals surface area contributed by atoms with Gasteiger partial charge >= 0.3 is 5.97 Å². The zero-order valence-corrected chi connectivity index (χ0v) is 12.2. The van der Waals surface area contributed by atoms with Gasteiger partial charge < -0.3 is 10.5 Å². The van der Waals surface area contributed by atoms with E-state index in [2.05, 4.69) is 0 Å². The Hall–Kier alpha value is -2.14. The van der Waals surface area contributed by atoms with E-state index in [1.165, 1.54) is 21.8 Å². The largest absolute Gasteiger partial charge is 0.443 e. The molecule has 0 saturated heterocycles. The van der Waals surface area contributed by atoms with Crippen LogP contribution in [0.15, 0.2) is 36.4 Å². The van der Waals surface area contributed by atoms with Crippen molar-refractivity contribution in [1.29, 1.82) is 0 Å². The van der Waals surface area contributed by atoms with Crippen LogP contribution in [-0.2, 0) is 22.4 Å². The smallest absolute Gasteiger partial charge is 0.349 e. The topological polar surface area (TPSA) is 69.4 Å². The number of carbonyl (C=O) groups is 2. The van der Waals surface area contributed by atoms with E-state index in [0.29, 0.717) is 10.4 Å². The molecule has 0 unspecified atom stereocenters. The van der Waals surface area contributed by atoms with Gasteiger partial charge in [0.1, 0.15) is 4.88 Å². The standard InChI is InChI=1S/C16H15NO3S/c17-15(18)14(10-5-2-1-3-6-10)20-16(19)13-9-11-7-4-8-12(11)21-13/h1-3,5-6,9,14H,4,7-8H2,(H2,17,18)/t14-/m0/s1. The van der Waals surface area contributed by atoms with Crippen molar-refractivity contribution in [2.45, 2.75) is 25.4 Å². The molecule has 5 heteroatoms. The lowest BCUT2D eigenvalue weighted by atomic mass is 10.1. The Kier molecular flexibility index (Phi) is 3.75. The average molecular weight is 301 g/mol. The highest BCUT2D eigenvalue weighted by Crippen LogP contribution is 2.31. The molecule has 1 aromatic heterocycles. The van der Waals surface area contributed by atoms with Gasteiger partial charge in [-0.2, -0.15) is 0 Å². The summed E-state index contributed by atoms with van der Waals surface area (Å²) in [7, 11) is 0. The van der Waals surface area contributed by atoms with E-state index >= 15 is 0 Å². The molecule has 1 aliphatic carbocycles. The molecule has 0 bridgehead atoms. The van der Waals surface area contributed by atoms with Gasteiger partial charge in [0.15, 0.2) is 0 Å². The minimum atomic E-state index is -1.05. The number of fused-ring (bicyclic) bond motifs is 1. The second-order valence-electron chi connectivity index (χ2n) is 5.01. The lowest BCUT2D eigenvalue weighted by Crippen LogP contribution is -2.26. The van der Waals surface area contributed by atoms with E-state index in [1.54, 1.807) is 24.3 Å². The van der Waals surface area contributed by atoms with Crippen LogP contribution in [-0.4, -0.2) is 11.9 Å². The van der Waals surface area contributed by atoms with Crippen LogP contribution in [0, 0.1) is 0 Å². The SMILES string of the molecule is NC(=O)[C@@H](OC(=O)c1cc2c(s1)CCC2)c1ccccc1. The molecule has 1 atom stereocenters. The van der Waals surface area contributed by atoms with Gasteiger partial charge in [-0.1, -0.05) is 30.3 Å². The molecule has 4 nitrogen and oxygen atoms in total. The fraction of sp³-hybridized carbons (Fsp3) is 0.250. The summed E-state index contributed by atoms with van der Waals surface area (Å²) >= 11 is 1.45. The van der Waals surface area contributed by atoms with Gasteiger partial charge in [0.05, 0.1) is 0 Å². The first-order valence-electron chi connectivity index (χ1n) is 6.82. The fourth-order valence-corrected chi connectivity index (χ4v) is 3.65. The van der Waals surface area contributed by atoms with Crippen molar-refractivity contribution in [3.63, 3.8) is 0 Å². The number of ether oxygens (including phenoxy) is 1. The maximum Gasteiger partial charge on any atom is 0.349 e. The maximum absolute atomic E-state index is 12.2. The van der Waals surface area contributed by atoms with Crippen molar-refractivity contribution in [2.75, 3.05) is 0 Å². The van der Waals surface area contributed by atoms with E-state index in [0.717, 1.165) is 19.3 Å². The van der Waals surface area contributed by atoms with Gasteiger partial charge in [-0.25, -0.2) is 4.79 Å². The maximum atomic E-state index is 12.2. The van der Waals surface area contributed by atoms with Crippen LogP contribution < -0.4 is 5.73 Å². The van der Waals surface area contributed by atoms with Gasteiger partial charge in [0.2, 0.25) is 6.10 Å². The third-order valence-electron chi connectivity index (χ3n) is 3.53. The Morgan fingerprint density at radius 3 is 2.62 bits per heavy atom. The Morgan fingerprint density at radius 2 is 1.95 bits per heavy atom. The van der Waals surface area contributed by atoms with Gasteiger partial charge in [-0.3, -0.25) is 4.79 Å². The number of nitrogens with two attached hydrogens (primary N) is 1. The van der Waals surface area contributed by atoms with Crippen LogP contribution in [0.5, 0.6) is 0 Å². The summed E-state index contributed by atoms with van der Waals surface area (Å²) in [4.78, 5) is 25.6. The lowest BCUT2D eigenvalue weighted by molar-refractivity contribution is -0.127. The van der Waals surface area contributed by atoms with Crippen LogP contribution in [0.4, 0.5) is 0 Å². The molecule has 1 heterocycles. The van der Waals surface area contributed by atoms with Crippen LogP contribution in [0.2, 0.25) is 0 Å². The summed E-state index contributed by atoms with van der Waals surface area (Å²) in [6.45, 7) is 0. The Balaban J connectivity index is 1.79. The van der Waals surface area contributed by atoms with Crippen LogP contribution in [0.1, 0.15) is 38.2 Å². The Bertz CT molecular complexity index is 657. The molecule has 3 rings (SSSR count). The van der Waals surface area contributed by atoms with Gasteiger partial charge in [-0.05, 0) is 30.9 Å². The molecule has 1 aliphatic rings. The Morgan fingerprint density at radius 1 is 1.19 bits per heavy atom. The number of esters is 1. The number of aryl methyl sites for hydroxylation is 2. The van der Waals surface area contributed by atoms with Crippen molar-refractivity contribution in [3.8, 4) is 0 Å². The van der Waals surface area contributed by atoms with E-state index < -0.39 is 18.0 Å². The zero-order chi connectivity index (χ0) is 14.8. The number of hydrogen-bond donors (Lipinski definition) is 1. The highest BCUT2D eigenvalue weighted by Gasteiger charge is 2.25. The van der Waals surface area contributed by atoms with Crippen LogP contribution in [0.3, 0.4) is 0 Å². The number of amides is 1. The number of hydrogen-bond acceptors (Lipinski definition) is 4. The summed E-state index contributed by atoms with van der Waals surface area (Å²) in [5.41, 5.74) is 7.16. The molecule has 21 heavy (non-hydrogen) atoms. The second-order valence-corrected chi connectivity index (χ2v) is 6.15. The molecule has 2 aromatic rings. The highest BCUT2D eigenvalue weighted by molar-refractivity contribution is 7.14. The average Bonchev–Trinajstić information content (AvgIpc) is 3.06. The highest BCUT2D eigenvalue weighted by atomic mass is 32.1. The first-order chi connectivity index (χ1) is 10.1. The van der Waals surface area contributed by atoms with Crippen molar-refractivity contribution >= 4 is 23.2 Å². The fourth-order valence-electron chi connectivity index (χ4n) is 2.51. The summed E-state index contributed by atoms with van der Waals surface area (Å²) < 4.78 is 5.32. The van der Waals surface area contributed by atoms with E-state index in [4.69, 9.17) is 10.5 Å². The van der Waals surface area contributed by atoms with E-state index in [1.807, 2.05) is 12.1 Å². The monoisotopic (exact) mass is 301 g/mol. The quantitative estimate of drug-likeness (QED) is 0.883. The molecule has 2 N–H and O–H groups in total. The van der Waals surface area contributed by atoms with Crippen molar-refractivity contribution in [2.24, 2.45) is 5.73 Å². The van der Waals surface area contributed by atoms with E-state index in [9.17, 15) is 9.59 Å². The number of thiophene rings is 1. The van der Waals surface area contributed by atoms with Gasteiger partial charge in [-0.15, -0.1) is 11.3 Å². The summed E-state index contributed by atoms with van der Waals surface area (Å²) in [6, 6.07) is 10.7. The molecule has 0 saturated carbocycles. The molecule has 0 aliphatic heterocycles. The second kappa shape index (κ2) is 5.69. The van der Waals surface area contributed by atoms with Crippen LogP contribution in [0.25, 0.3) is 0 Å². The summed E-state index contributed by atoms with van der Waals surface area (Å²) in [6.07, 6.45) is 2.13. The number of carbonyl (C=O) groups excluding carboxylic acids is 2. The molecule has 1 aromatic carbocycles. The number of benzene rings is 1. The molecule has 108 valence electrons. The Labute approximate surface area is 126 Å². The zero-order valence-electron chi connectivity index (χ0n) is 11.4. The van der Waals surface area contributed by atoms with Gasteiger partial charge in [0.25, 0.3) is 5.91 Å². The molecule has 1 amide bonds. The van der Waals surface area contributed by atoms with Crippen molar-refractivity contribution < 1.29 is 14.3 Å². The minimum Gasteiger partial charge on any atom is -0.443 e. The van der Waals surface area contributed by atoms with E-state index in [-0.39, 0.29) is 0 Å². The third-order valence-corrected chi connectivity index (χ3v) is 4.75. The first-order valence-corrected chi connectivity index (χ1v) is 7.63. The third kappa shape index (κ3) is 2.83. The number of rotatable bonds is 4. The lowest BCUT2D eigenvalue weighted by Gasteiger charge is -2.14. The predicted octanol–water partition coefficient (Wildman–Crippen LogP) is 2.62. The summed E-state index contributed by atoms with van der Waals surface area (Å²) in [5.74, 6) is -1.15. The van der Waals surface area contributed by atoms with Crippen molar-refractivity contribution in [3.05, 3.63) is 57.3 Å². The van der Waals surface area contributed by atoms with Crippen molar-refractivity contribution in [1.82, 2.24) is 0 Å². The van der Waals surface area contributed by atoms with Gasteiger partial charge in [0, 0.05) is 10.4 Å². The first kappa shape index (κ1) is 13.8. The minimum absolute atomic E-state index is 0.484. The molecular weight excluding hydrogens is 286 g/mol. The molecule has 0 radical (unpaired) electrons. The summed E-state index contributed by atoms with van der Waals surface area (Å²) in [5, 5.41) is 0. The van der Waals surface area contributed by atoms with Crippen LogP contribution >= 0.6 is 11.3 Å². The normalized spacial score (nSPS) is 14.5. The molecule has 0 spiro atoms. The predicted molar refractivity (Wildman–Crippen MR) is 80.1 cm³/mol. The number of primary amides is 1. The molecule has 0 fully saturated rings.